The summed E-state index contributed by atoms with van der Waals surface area (Å²) >= 11 is 12.2. The zero-order valence-electron chi connectivity index (χ0n) is 14.5. The van der Waals surface area contributed by atoms with Gasteiger partial charge in [-0.1, -0.05) is 36.7 Å². The van der Waals surface area contributed by atoms with Gasteiger partial charge in [0.1, 0.15) is 12.2 Å². The number of nitrogens with zero attached hydrogens (tertiary/aromatic N) is 1. The van der Waals surface area contributed by atoms with Crippen LogP contribution in [0.25, 0.3) is 16.5 Å². The Balaban J connectivity index is 1.54. The number of hydrogen-bond donors (Lipinski definition) is 0. The van der Waals surface area contributed by atoms with Gasteiger partial charge in [0.05, 0.1) is 10.7 Å². The Morgan fingerprint density at radius 2 is 2.12 bits per heavy atom. The van der Waals surface area contributed by atoms with E-state index in [0.29, 0.717) is 28.3 Å². The first kappa shape index (κ1) is 17.4. The van der Waals surface area contributed by atoms with Gasteiger partial charge < -0.3 is 9.15 Å². The second kappa shape index (κ2) is 7.34. The topological polar surface area (TPSA) is 35.3 Å². The number of rotatable bonds is 4. The molecule has 0 bridgehead atoms. The Morgan fingerprint density at radius 3 is 2.92 bits per heavy atom. The van der Waals surface area contributed by atoms with Crippen LogP contribution in [0.15, 0.2) is 46.9 Å². The largest absolute Gasteiger partial charge is 0.473 e. The van der Waals surface area contributed by atoms with Crippen molar-refractivity contribution < 1.29 is 9.15 Å². The van der Waals surface area contributed by atoms with Crippen LogP contribution in [-0.2, 0) is 6.61 Å². The Bertz CT molecular complexity index is 977. The number of halogens is 2. The molecule has 0 fully saturated rings. The van der Waals surface area contributed by atoms with Gasteiger partial charge in [-0.2, -0.15) is 0 Å². The molecule has 0 saturated heterocycles. The third-order valence-electron chi connectivity index (χ3n) is 4.78. The second-order valence-electron chi connectivity index (χ2n) is 6.76. The van der Waals surface area contributed by atoms with Crippen molar-refractivity contribution in [2.75, 3.05) is 0 Å². The van der Waals surface area contributed by atoms with Crippen LogP contribution in [-0.4, -0.2) is 4.98 Å². The maximum atomic E-state index is 6.20. The monoisotopic (exact) mass is 387 g/mol. The van der Waals surface area contributed by atoms with Crippen LogP contribution < -0.4 is 4.74 Å². The van der Waals surface area contributed by atoms with Crippen LogP contribution in [0.5, 0.6) is 5.88 Å². The van der Waals surface area contributed by atoms with Crippen LogP contribution in [0.2, 0.25) is 10.2 Å². The molecule has 1 aromatic carbocycles. The Morgan fingerprint density at radius 1 is 1.23 bits per heavy atom. The van der Waals surface area contributed by atoms with Crippen molar-refractivity contribution in [3.8, 4) is 5.88 Å². The van der Waals surface area contributed by atoms with Gasteiger partial charge in [-0.3, -0.25) is 0 Å². The fourth-order valence-corrected chi connectivity index (χ4v) is 3.64. The van der Waals surface area contributed by atoms with Gasteiger partial charge in [0.15, 0.2) is 5.22 Å². The van der Waals surface area contributed by atoms with E-state index in [1.54, 1.807) is 6.07 Å². The summed E-state index contributed by atoms with van der Waals surface area (Å²) in [6.45, 7) is 2.62. The molecule has 0 N–H and O–H groups in total. The summed E-state index contributed by atoms with van der Waals surface area (Å²) in [6, 6.07) is 11.3. The van der Waals surface area contributed by atoms with Gasteiger partial charge in [0, 0.05) is 23.1 Å². The highest BCUT2D eigenvalue weighted by molar-refractivity contribution is 6.36. The van der Waals surface area contributed by atoms with E-state index in [-0.39, 0.29) is 0 Å². The third-order valence-corrected chi connectivity index (χ3v) is 5.30. The lowest BCUT2D eigenvalue weighted by atomic mass is 9.89. The van der Waals surface area contributed by atoms with Crippen molar-refractivity contribution in [3.05, 3.63) is 64.0 Å². The molecule has 1 atom stereocenters. The third kappa shape index (κ3) is 3.60. The van der Waals surface area contributed by atoms with E-state index in [0.717, 1.165) is 35.4 Å². The van der Waals surface area contributed by atoms with Gasteiger partial charge in [-0.25, -0.2) is 4.98 Å². The van der Waals surface area contributed by atoms with Crippen molar-refractivity contribution in [2.24, 2.45) is 5.92 Å². The molecule has 1 aliphatic carbocycles. The van der Waals surface area contributed by atoms with Gasteiger partial charge in [-0.15, -0.1) is 0 Å². The standard InChI is InChI=1S/C21H19Cl2NO2/c1-13-5-7-14(8-6-13)18-3-2-4-20(24-18)25-12-15-9-10-17(22)16-11-19(23)26-21(15)16/h2-4,7,9-11,13H,5-6,8,12H2,1H3. The average Bonchev–Trinajstić information content (AvgIpc) is 3.05. The Kier molecular flexibility index (Phi) is 4.92. The molecule has 3 aromatic rings. The SMILES string of the molecule is CC1CC=C(c2cccc(OCc3ccc(Cl)c4cc(Cl)oc34)n2)CC1. The minimum absolute atomic E-state index is 0.313. The van der Waals surface area contributed by atoms with E-state index < -0.39 is 0 Å². The molecule has 1 aliphatic rings. The summed E-state index contributed by atoms with van der Waals surface area (Å²) in [7, 11) is 0. The van der Waals surface area contributed by atoms with Gasteiger partial charge >= 0.3 is 0 Å². The Hall–Kier alpha value is -1.97. The lowest BCUT2D eigenvalue weighted by Crippen LogP contribution is -2.03. The first-order valence-electron chi connectivity index (χ1n) is 8.76. The van der Waals surface area contributed by atoms with E-state index in [1.165, 1.54) is 12.0 Å². The van der Waals surface area contributed by atoms with E-state index in [4.69, 9.17) is 32.4 Å². The molecule has 0 aliphatic heterocycles. The summed E-state index contributed by atoms with van der Waals surface area (Å²) in [5, 5.41) is 1.71. The number of hydrogen-bond acceptors (Lipinski definition) is 3. The molecule has 26 heavy (non-hydrogen) atoms. The van der Waals surface area contributed by atoms with Gasteiger partial charge in [0.2, 0.25) is 5.88 Å². The summed E-state index contributed by atoms with van der Waals surface area (Å²) < 4.78 is 11.5. The number of aromatic nitrogens is 1. The minimum atomic E-state index is 0.313. The first-order chi connectivity index (χ1) is 12.6. The van der Waals surface area contributed by atoms with Crippen LogP contribution in [0.3, 0.4) is 0 Å². The van der Waals surface area contributed by atoms with Crippen molar-refractivity contribution in [3.63, 3.8) is 0 Å². The van der Waals surface area contributed by atoms with Crippen molar-refractivity contribution in [1.29, 1.82) is 0 Å². The van der Waals surface area contributed by atoms with E-state index in [9.17, 15) is 0 Å². The lowest BCUT2D eigenvalue weighted by molar-refractivity contribution is 0.293. The molecule has 4 rings (SSSR count). The smallest absolute Gasteiger partial charge is 0.214 e. The molecular weight excluding hydrogens is 369 g/mol. The lowest BCUT2D eigenvalue weighted by Gasteiger charge is -2.18. The summed E-state index contributed by atoms with van der Waals surface area (Å²) in [4.78, 5) is 4.67. The molecule has 0 spiro atoms. The second-order valence-corrected chi connectivity index (χ2v) is 7.54. The first-order valence-corrected chi connectivity index (χ1v) is 9.51. The number of pyridine rings is 1. The highest BCUT2D eigenvalue weighted by Gasteiger charge is 2.14. The van der Waals surface area contributed by atoms with E-state index >= 15 is 0 Å². The number of benzene rings is 1. The molecule has 134 valence electrons. The molecule has 3 nitrogen and oxygen atoms in total. The highest BCUT2D eigenvalue weighted by atomic mass is 35.5. The Labute approximate surface area is 162 Å². The fraction of sp³-hybridized carbons (Fsp3) is 0.286. The molecular formula is C21H19Cl2NO2. The van der Waals surface area contributed by atoms with E-state index in [1.807, 2.05) is 30.3 Å². The zero-order valence-corrected chi connectivity index (χ0v) is 16.0. The van der Waals surface area contributed by atoms with Crippen molar-refractivity contribution >= 4 is 39.7 Å². The molecule has 5 heteroatoms. The maximum Gasteiger partial charge on any atom is 0.214 e. The van der Waals surface area contributed by atoms with Crippen LogP contribution >= 0.6 is 23.2 Å². The highest BCUT2D eigenvalue weighted by Crippen LogP contribution is 2.33. The molecule has 0 radical (unpaired) electrons. The summed E-state index contributed by atoms with van der Waals surface area (Å²) in [6.07, 6.45) is 5.69. The van der Waals surface area contributed by atoms with Crippen LogP contribution in [0, 0.1) is 5.92 Å². The predicted molar refractivity (Wildman–Crippen MR) is 106 cm³/mol. The molecule has 0 amide bonds. The minimum Gasteiger partial charge on any atom is -0.473 e. The number of fused-ring (bicyclic) bond motifs is 1. The average molecular weight is 388 g/mol. The number of ether oxygens (including phenoxy) is 1. The zero-order chi connectivity index (χ0) is 18.1. The van der Waals surface area contributed by atoms with Crippen LogP contribution in [0.4, 0.5) is 0 Å². The summed E-state index contributed by atoms with van der Waals surface area (Å²) in [5.41, 5.74) is 3.84. The quantitative estimate of drug-likeness (QED) is 0.487. The molecule has 0 saturated carbocycles. The van der Waals surface area contributed by atoms with Crippen molar-refractivity contribution in [2.45, 2.75) is 32.8 Å². The molecule has 2 heterocycles. The number of allylic oxidation sites excluding steroid dienone is 2. The van der Waals surface area contributed by atoms with E-state index in [2.05, 4.69) is 18.0 Å². The molecule has 2 aromatic heterocycles. The predicted octanol–water partition coefficient (Wildman–Crippen LogP) is 6.92. The summed E-state index contributed by atoms with van der Waals surface area (Å²) in [5.74, 6) is 1.35. The van der Waals surface area contributed by atoms with Crippen LogP contribution in [0.1, 0.15) is 37.4 Å². The number of furan rings is 1. The fourth-order valence-electron chi connectivity index (χ4n) is 3.25. The molecule has 1 unspecified atom stereocenters. The van der Waals surface area contributed by atoms with Gasteiger partial charge in [0.25, 0.3) is 0 Å². The van der Waals surface area contributed by atoms with Gasteiger partial charge in [-0.05, 0) is 54.5 Å². The van der Waals surface area contributed by atoms with Crippen molar-refractivity contribution in [1.82, 2.24) is 4.98 Å². The normalized spacial score (nSPS) is 17.3. The maximum absolute atomic E-state index is 6.20.